The van der Waals surface area contributed by atoms with Crippen LogP contribution in [-0.4, -0.2) is 19.9 Å². The molecule has 7 aromatic carbocycles. The van der Waals surface area contributed by atoms with Crippen molar-refractivity contribution in [1.82, 2.24) is 19.9 Å². The quantitative estimate of drug-likeness (QED) is 0.182. The van der Waals surface area contributed by atoms with Crippen LogP contribution in [0.5, 0.6) is 0 Å². The van der Waals surface area contributed by atoms with Gasteiger partial charge in [-0.3, -0.25) is 0 Å². The Morgan fingerprint density at radius 3 is 1.62 bits per heavy atom. The summed E-state index contributed by atoms with van der Waals surface area (Å²) in [5.41, 5.74) is 7.22. The highest BCUT2D eigenvalue weighted by Gasteiger charge is 2.22. The molecule has 10 rings (SSSR count). The van der Waals surface area contributed by atoms with Crippen LogP contribution in [0.1, 0.15) is 0 Å². The topological polar surface area (TPSA) is 51.6 Å². The van der Waals surface area contributed by atoms with Crippen molar-refractivity contribution in [2.45, 2.75) is 0 Å². The van der Waals surface area contributed by atoms with Crippen molar-refractivity contribution in [2.75, 3.05) is 0 Å². The summed E-state index contributed by atoms with van der Waals surface area (Å²) in [6.07, 6.45) is 0. The maximum Gasteiger partial charge on any atom is 0.164 e. The normalized spacial score (nSPS) is 11.6. The fourth-order valence-electron chi connectivity index (χ4n) is 6.82. The molecule has 50 heavy (non-hydrogen) atoms. The first kappa shape index (κ1) is 28.9. The summed E-state index contributed by atoms with van der Waals surface area (Å²) < 4.78 is 3.69. The predicted molar refractivity (Wildman–Crippen MR) is 211 cm³/mol. The minimum atomic E-state index is 0.631. The molecule has 0 radical (unpaired) electrons. The van der Waals surface area contributed by atoms with Crippen molar-refractivity contribution in [3.63, 3.8) is 0 Å². The van der Waals surface area contributed by atoms with Crippen molar-refractivity contribution in [2.24, 2.45) is 0 Å². The van der Waals surface area contributed by atoms with Crippen LogP contribution in [0, 0.1) is 0 Å². The van der Waals surface area contributed by atoms with Gasteiger partial charge in [0.1, 0.15) is 5.01 Å². The number of rotatable bonds is 5. The molecule has 0 bridgehead atoms. The number of benzene rings is 7. The molecule has 10 aromatic rings. The van der Waals surface area contributed by atoms with E-state index in [0.29, 0.717) is 17.5 Å². The molecule has 0 saturated heterocycles. The van der Waals surface area contributed by atoms with Crippen LogP contribution in [0.25, 0.3) is 97.0 Å². The van der Waals surface area contributed by atoms with Gasteiger partial charge in [-0.15, -0.1) is 22.7 Å². The third-order valence-electron chi connectivity index (χ3n) is 9.13. The summed E-state index contributed by atoms with van der Waals surface area (Å²) in [5, 5.41) is 5.77. The second-order valence-electron chi connectivity index (χ2n) is 12.2. The van der Waals surface area contributed by atoms with Crippen LogP contribution in [0.2, 0.25) is 0 Å². The zero-order valence-electron chi connectivity index (χ0n) is 26.6. The van der Waals surface area contributed by atoms with Crippen LogP contribution < -0.4 is 0 Å². The third kappa shape index (κ3) is 4.88. The first-order valence-electron chi connectivity index (χ1n) is 16.5. The highest BCUT2D eigenvalue weighted by molar-refractivity contribution is 7.27. The van der Waals surface area contributed by atoms with E-state index in [9.17, 15) is 0 Å². The maximum atomic E-state index is 5.39. The van der Waals surface area contributed by atoms with Gasteiger partial charge in [0, 0.05) is 48.0 Å². The summed E-state index contributed by atoms with van der Waals surface area (Å²) >= 11 is 3.59. The molecule has 4 nitrogen and oxygen atoms in total. The molecule has 6 heteroatoms. The molecule has 0 aliphatic carbocycles. The van der Waals surface area contributed by atoms with E-state index >= 15 is 0 Å². The highest BCUT2D eigenvalue weighted by atomic mass is 32.1. The molecule has 0 N–H and O–H groups in total. The first-order chi connectivity index (χ1) is 24.8. The second kappa shape index (κ2) is 11.8. The van der Waals surface area contributed by atoms with E-state index < -0.39 is 0 Å². The Morgan fingerprint density at radius 1 is 0.380 bits per heavy atom. The monoisotopic (exact) mass is 674 g/mol. The summed E-state index contributed by atoms with van der Waals surface area (Å²) in [6, 6.07) is 54.9. The van der Waals surface area contributed by atoms with Gasteiger partial charge in [-0.1, -0.05) is 133 Å². The van der Waals surface area contributed by atoms with Gasteiger partial charge in [0.05, 0.1) is 10.2 Å². The average molecular weight is 675 g/mol. The van der Waals surface area contributed by atoms with Gasteiger partial charge in [0.15, 0.2) is 17.5 Å². The standard InChI is InChI=1S/C44H26N4S2/c1-4-14-27(15-5-1)41-46-42(28-16-6-2-7-17-28)48-43(47-41)31-24-30-20-10-11-21-32(30)34(25-31)39-38-33-22-12-13-23-35(33)49-36(38)26-37-40(39)45-44(50-37)29-18-8-3-9-19-29/h1-26H. The number of hydrogen-bond donors (Lipinski definition) is 0. The zero-order valence-corrected chi connectivity index (χ0v) is 28.2. The van der Waals surface area contributed by atoms with E-state index in [4.69, 9.17) is 19.9 Å². The molecule has 0 aliphatic heterocycles. The molecular weight excluding hydrogens is 649 g/mol. The van der Waals surface area contributed by atoms with Gasteiger partial charge in [-0.25, -0.2) is 19.9 Å². The van der Waals surface area contributed by atoms with Crippen LogP contribution in [-0.2, 0) is 0 Å². The lowest BCUT2D eigenvalue weighted by atomic mass is 9.91. The fraction of sp³-hybridized carbons (Fsp3) is 0. The van der Waals surface area contributed by atoms with Crippen LogP contribution in [0.15, 0.2) is 158 Å². The van der Waals surface area contributed by atoms with Crippen LogP contribution in [0.3, 0.4) is 0 Å². The summed E-state index contributed by atoms with van der Waals surface area (Å²) in [4.78, 5) is 20.6. The fourth-order valence-corrected chi connectivity index (χ4v) is 9.07. The maximum absolute atomic E-state index is 5.39. The third-order valence-corrected chi connectivity index (χ3v) is 11.3. The lowest BCUT2D eigenvalue weighted by molar-refractivity contribution is 1.07. The second-order valence-corrected chi connectivity index (χ2v) is 14.4. The van der Waals surface area contributed by atoms with Gasteiger partial charge < -0.3 is 0 Å². The Labute approximate surface area is 296 Å². The SMILES string of the molecule is c1ccc(-c2nc(-c3ccccc3)nc(-c3cc(-c4c5nc(-c6ccccc6)sc5cc5sc6ccccc6c45)c4ccccc4c3)n2)cc1. The Bertz CT molecular complexity index is 2800. The number of hydrogen-bond acceptors (Lipinski definition) is 6. The largest absolute Gasteiger partial charge is 0.235 e. The molecule has 234 valence electrons. The Balaban J connectivity index is 1.30. The molecule has 3 heterocycles. The first-order valence-corrected chi connectivity index (χ1v) is 18.1. The Morgan fingerprint density at radius 2 is 0.940 bits per heavy atom. The molecule has 0 amide bonds. The molecule has 0 aliphatic rings. The number of fused-ring (bicyclic) bond motifs is 5. The number of thiazole rings is 1. The number of nitrogens with zero attached hydrogens (tertiary/aromatic N) is 4. The predicted octanol–water partition coefficient (Wildman–Crippen LogP) is 12.3. The minimum Gasteiger partial charge on any atom is -0.235 e. The summed E-state index contributed by atoms with van der Waals surface area (Å²) in [7, 11) is 0. The van der Waals surface area contributed by atoms with E-state index in [1.807, 2.05) is 72.0 Å². The van der Waals surface area contributed by atoms with Crippen molar-refractivity contribution in [3.05, 3.63) is 158 Å². The van der Waals surface area contributed by atoms with Crippen molar-refractivity contribution < 1.29 is 0 Å². The molecule has 0 spiro atoms. The van der Waals surface area contributed by atoms with E-state index in [1.165, 1.54) is 24.9 Å². The molecule has 0 saturated carbocycles. The Kier molecular flexibility index (Phi) is 6.82. The van der Waals surface area contributed by atoms with Gasteiger partial charge in [-0.05, 0) is 40.6 Å². The van der Waals surface area contributed by atoms with Crippen molar-refractivity contribution in [3.8, 4) is 55.9 Å². The van der Waals surface area contributed by atoms with E-state index in [2.05, 4.69) is 97.1 Å². The van der Waals surface area contributed by atoms with Crippen LogP contribution in [0.4, 0.5) is 0 Å². The molecule has 3 aromatic heterocycles. The summed E-state index contributed by atoms with van der Waals surface area (Å²) in [6.45, 7) is 0. The molecule has 0 unspecified atom stereocenters. The number of aromatic nitrogens is 4. The van der Waals surface area contributed by atoms with Gasteiger partial charge in [0.2, 0.25) is 0 Å². The zero-order chi connectivity index (χ0) is 33.0. The van der Waals surface area contributed by atoms with Crippen LogP contribution >= 0.6 is 22.7 Å². The van der Waals surface area contributed by atoms with Gasteiger partial charge in [-0.2, -0.15) is 0 Å². The summed E-state index contributed by atoms with van der Waals surface area (Å²) in [5.74, 6) is 1.92. The van der Waals surface area contributed by atoms with Gasteiger partial charge >= 0.3 is 0 Å². The lowest BCUT2D eigenvalue weighted by Crippen LogP contribution is -2.00. The van der Waals surface area contributed by atoms with E-state index in [1.54, 1.807) is 11.3 Å². The lowest BCUT2D eigenvalue weighted by Gasteiger charge is -2.14. The van der Waals surface area contributed by atoms with Crippen molar-refractivity contribution in [1.29, 1.82) is 0 Å². The average Bonchev–Trinajstić information content (AvgIpc) is 3.79. The van der Waals surface area contributed by atoms with Crippen molar-refractivity contribution >= 4 is 63.8 Å². The van der Waals surface area contributed by atoms with Gasteiger partial charge in [0.25, 0.3) is 0 Å². The molecular formula is C44H26N4S2. The smallest absolute Gasteiger partial charge is 0.164 e. The Hall–Kier alpha value is -6.08. The van der Waals surface area contributed by atoms with E-state index in [0.717, 1.165) is 54.7 Å². The highest BCUT2D eigenvalue weighted by Crippen LogP contribution is 2.48. The molecule has 0 fully saturated rings. The molecule has 0 atom stereocenters. The minimum absolute atomic E-state index is 0.631. The number of thiophene rings is 1. The van der Waals surface area contributed by atoms with E-state index in [-0.39, 0.29) is 0 Å².